The van der Waals surface area contributed by atoms with E-state index in [0.717, 1.165) is 35.9 Å². The summed E-state index contributed by atoms with van der Waals surface area (Å²) in [6.07, 6.45) is 2.75. The van der Waals surface area contributed by atoms with E-state index in [-0.39, 0.29) is 5.56 Å². The zero-order valence-electron chi connectivity index (χ0n) is 12.0. The third-order valence-corrected chi connectivity index (χ3v) is 3.77. The van der Waals surface area contributed by atoms with Crippen molar-refractivity contribution in [2.75, 3.05) is 6.54 Å². The van der Waals surface area contributed by atoms with Crippen molar-refractivity contribution < 1.29 is 0 Å². The van der Waals surface area contributed by atoms with E-state index in [1.807, 2.05) is 7.05 Å². The van der Waals surface area contributed by atoms with Crippen LogP contribution in [0.5, 0.6) is 0 Å². The molecule has 0 fully saturated rings. The van der Waals surface area contributed by atoms with Crippen molar-refractivity contribution in [3.8, 4) is 0 Å². The van der Waals surface area contributed by atoms with Crippen LogP contribution in [-0.2, 0) is 13.5 Å². The van der Waals surface area contributed by atoms with Crippen LogP contribution in [0.1, 0.15) is 29.5 Å². The molecule has 0 aliphatic rings. The maximum atomic E-state index is 12.4. The first-order valence-corrected chi connectivity index (χ1v) is 6.85. The fourth-order valence-corrected chi connectivity index (χ4v) is 2.64. The predicted octanol–water partition coefficient (Wildman–Crippen LogP) is 2.44. The van der Waals surface area contributed by atoms with Crippen LogP contribution in [0.2, 0.25) is 0 Å². The number of aromatic nitrogens is 1. The van der Waals surface area contributed by atoms with Crippen LogP contribution >= 0.6 is 0 Å². The number of fused-ring (bicyclic) bond motifs is 1. The van der Waals surface area contributed by atoms with Crippen molar-refractivity contribution >= 4 is 10.9 Å². The third-order valence-electron chi connectivity index (χ3n) is 3.77. The Labute approximate surface area is 114 Å². The third kappa shape index (κ3) is 2.56. The Morgan fingerprint density at radius 2 is 1.84 bits per heavy atom. The molecular formula is C16H22N2O. The lowest BCUT2D eigenvalue weighted by atomic mass is 10.0. The Morgan fingerprint density at radius 1 is 1.16 bits per heavy atom. The molecule has 1 aromatic carbocycles. The molecule has 0 saturated carbocycles. The summed E-state index contributed by atoms with van der Waals surface area (Å²) >= 11 is 0. The van der Waals surface area contributed by atoms with E-state index in [1.54, 1.807) is 4.57 Å². The molecule has 19 heavy (non-hydrogen) atoms. The molecule has 2 aromatic rings. The smallest absolute Gasteiger partial charge is 0.253 e. The van der Waals surface area contributed by atoms with Gasteiger partial charge >= 0.3 is 0 Å². The summed E-state index contributed by atoms with van der Waals surface area (Å²) in [6.45, 7) is 4.83. The van der Waals surface area contributed by atoms with Crippen LogP contribution in [0.15, 0.2) is 23.0 Å². The summed E-state index contributed by atoms with van der Waals surface area (Å²) in [5.74, 6) is 0. The van der Waals surface area contributed by atoms with Crippen molar-refractivity contribution in [3.63, 3.8) is 0 Å². The maximum Gasteiger partial charge on any atom is 0.253 e. The Balaban J connectivity index is 2.60. The van der Waals surface area contributed by atoms with E-state index >= 15 is 0 Å². The van der Waals surface area contributed by atoms with Gasteiger partial charge in [-0.1, -0.05) is 12.1 Å². The number of hydrogen-bond acceptors (Lipinski definition) is 2. The normalized spacial score (nSPS) is 11.2. The Morgan fingerprint density at radius 3 is 2.53 bits per heavy atom. The van der Waals surface area contributed by atoms with Crippen molar-refractivity contribution in [1.82, 2.24) is 4.57 Å². The highest BCUT2D eigenvalue weighted by molar-refractivity contribution is 5.85. The van der Waals surface area contributed by atoms with Crippen molar-refractivity contribution in [1.29, 1.82) is 0 Å². The fraction of sp³-hybridized carbons (Fsp3) is 0.438. The van der Waals surface area contributed by atoms with Gasteiger partial charge in [-0.25, -0.2) is 0 Å². The molecule has 0 unspecified atom stereocenters. The predicted molar refractivity (Wildman–Crippen MR) is 80.7 cm³/mol. The minimum Gasteiger partial charge on any atom is -0.330 e. The van der Waals surface area contributed by atoms with Crippen LogP contribution in [0, 0.1) is 13.8 Å². The van der Waals surface area contributed by atoms with Crippen LogP contribution in [0.3, 0.4) is 0 Å². The van der Waals surface area contributed by atoms with E-state index in [2.05, 4.69) is 32.0 Å². The molecule has 1 aromatic heterocycles. The van der Waals surface area contributed by atoms with E-state index in [9.17, 15) is 4.79 Å². The maximum absolute atomic E-state index is 12.4. The SMILES string of the molecule is Cc1ccc(C)c2c1cc(CCCCN)c(=O)n2C. The summed E-state index contributed by atoms with van der Waals surface area (Å²) in [6, 6.07) is 6.26. The Kier molecular flexibility index (Phi) is 4.05. The average Bonchev–Trinajstić information content (AvgIpc) is 2.39. The first kappa shape index (κ1) is 13.8. The van der Waals surface area contributed by atoms with E-state index in [0.29, 0.717) is 6.54 Å². The molecule has 0 spiro atoms. The zero-order chi connectivity index (χ0) is 14.0. The molecular weight excluding hydrogens is 236 g/mol. The number of pyridine rings is 1. The minimum absolute atomic E-state index is 0.123. The number of benzene rings is 1. The lowest BCUT2D eigenvalue weighted by Gasteiger charge is -2.13. The van der Waals surface area contributed by atoms with Crippen LogP contribution < -0.4 is 11.3 Å². The highest BCUT2D eigenvalue weighted by Crippen LogP contribution is 2.21. The van der Waals surface area contributed by atoms with Gasteiger partial charge in [0.1, 0.15) is 0 Å². The minimum atomic E-state index is 0.123. The monoisotopic (exact) mass is 258 g/mol. The van der Waals surface area contributed by atoms with Crippen molar-refractivity contribution in [2.24, 2.45) is 12.8 Å². The first-order chi connectivity index (χ1) is 9.06. The van der Waals surface area contributed by atoms with Gasteiger partial charge in [0.25, 0.3) is 5.56 Å². The van der Waals surface area contributed by atoms with Gasteiger partial charge in [0.15, 0.2) is 0 Å². The summed E-state index contributed by atoms with van der Waals surface area (Å²) in [4.78, 5) is 12.4. The summed E-state index contributed by atoms with van der Waals surface area (Å²) < 4.78 is 1.79. The summed E-state index contributed by atoms with van der Waals surface area (Å²) in [5.41, 5.74) is 9.95. The number of hydrogen-bond donors (Lipinski definition) is 1. The molecule has 0 radical (unpaired) electrons. The number of nitrogens with two attached hydrogens (primary N) is 1. The van der Waals surface area contributed by atoms with E-state index in [1.165, 1.54) is 10.9 Å². The highest BCUT2D eigenvalue weighted by Gasteiger charge is 2.10. The highest BCUT2D eigenvalue weighted by atomic mass is 16.1. The quantitative estimate of drug-likeness (QED) is 0.856. The topological polar surface area (TPSA) is 48.0 Å². The second-order valence-electron chi connectivity index (χ2n) is 5.24. The van der Waals surface area contributed by atoms with Crippen LogP contribution in [-0.4, -0.2) is 11.1 Å². The second kappa shape index (κ2) is 5.57. The molecule has 0 saturated heterocycles. The summed E-state index contributed by atoms with van der Waals surface area (Å²) in [5, 5.41) is 1.19. The second-order valence-corrected chi connectivity index (χ2v) is 5.24. The first-order valence-electron chi connectivity index (χ1n) is 6.85. The molecule has 0 bridgehead atoms. The Bertz CT molecular complexity index is 656. The number of nitrogens with zero attached hydrogens (tertiary/aromatic N) is 1. The summed E-state index contributed by atoms with van der Waals surface area (Å²) in [7, 11) is 1.86. The van der Waals surface area contributed by atoms with Gasteiger partial charge in [-0.2, -0.15) is 0 Å². The van der Waals surface area contributed by atoms with Gasteiger partial charge in [0, 0.05) is 18.0 Å². The molecule has 3 heteroatoms. The van der Waals surface area contributed by atoms with Gasteiger partial charge in [-0.05, 0) is 56.8 Å². The standard InChI is InChI=1S/C16H22N2O/c1-11-7-8-12(2)15-14(11)10-13(6-4-5-9-17)16(19)18(15)3/h7-8,10H,4-6,9,17H2,1-3H3. The van der Waals surface area contributed by atoms with Gasteiger partial charge in [-0.3, -0.25) is 4.79 Å². The number of aryl methyl sites for hydroxylation is 4. The lowest BCUT2D eigenvalue weighted by Crippen LogP contribution is -2.22. The fourth-order valence-electron chi connectivity index (χ4n) is 2.64. The number of unbranched alkanes of at least 4 members (excludes halogenated alkanes) is 1. The van der Waals surface area contributed by atoms with Gasteiger partial charge in [0.05, 0.1) is 5.52 Å². The molecule has 102 valence electrons. The van der Waals surface area contributed by atoms with Gasteiger partial charge < -0.3 is 10.3 Å². The Hall–Kier alpha value is -1.61. The van der Waals surface area contributed by atoms with Crippen LogP contribution in [0.4, 0.5) is 0 Å². The molecule has 2 N–H and O–H groups in total. The van der Waals surface area contributed by atoms with Gasteiger partial charge in [0.2, 0.25) is 0 Å². The van der Waals surface area contributed by atoms with E-state index < -0.39 is 0 Å². The molecule has 0 amide bonds. The molecule has 3 nitrogen and oxygen atoms in total. The molecule has 0 aliphatic carbocycles. The molecule has 0 aliphatic heterocycles. The lowest BCUT2D eigenvalue weighted by molar-refractivity contribution is 0.732. The largest absolute Gasteiger partial charge is 0.330 e. The average molecular weight is 258 g/mol. The van der Waals surface area contributed by atoms with Crippen molar-refractivity contribution in [2.45, 2.75) is 33.1 Å². The molecule has 2 rings (SSSR count). The van der Waals surface area contributed by atoms with Crippen molar-refractivity contribution in [3.05, 3.63) is 45.2 Å². The zero-order valence-corrected chi connectivity index (χ0v) is 12.0. The van der Waals surface area contributed by atoms with Crippen LogP contribution in [0.25, 0.3) is 10.9 Å². The van der Waals surface area contributed by atoms with Gasteiger partial charge in [-0.15, -0.1) is 0 Å². The molecule has 0 atom stereocenters. The van der Waals surface area contributed by atoms with E-state index in [4.69, 9.17) is 5.73 Å². The molecule has 1 heterocycles. The number of rotatable bonds is 4.